The van der Waals surface area contributed by atoms with Crippen molar-refractivity contribution in [2.24, 2.45) is 0 Å². The highest BCUT2D eigenvalue weighted by Gasteiger charge is 2.31. The number of ether oxygens (including phenoxy) is 1. The molecule has 2 aliphatic rings. The molecule has 8 heteroatoms. The monoisotopic (exact) mass is 441 g/mol. The van der Waals surface area contributed by atoms with Crippen LogP contribution in [0.1, 0.15) is 23.3 Å². The van der Waals surface area contributed by atoms with Crippen LogP contribution in [0.4, 0.5) is 5.95 Å². The zero-order chi connectivity index (χ0) is 20.5. The van der Waals surface area contributed by atoms with Crippen LogP contribution in [-0.2, 0) is 18.0 Å². The van der Waals surface area contributed by atoms with Crippen LogP contribution < -0.4 is 4.90 Å². The zero-order valence-corrected chi connectivity index (χ0v) is 18.9. The summed E-state index contributed by atoms with van der Waals surface area (Å²) >= 11 is 7.79. The first-order valence-corrected chi connectivity index (χ1v) is 11.8. The van der Waals surface area contributed by atoms with E-state index in [0.717, 1.165) is 55.9 Å². The SMILES string of the molecule is Cc1ccccc1-n1c(N2CCOCC2)nn(CN(Cc2cccs2)C2CC2)c1=S. The molecule has 0 atom stereocenters. The first kappa shape index (κ1) is 19.9. The molecule has 2 aromatic heterocycles. The van der Waals surface area contributed by atoms with Crippen molar-refractivity contribution in [1.82, 2.24) is 19.2 Å². The van der Waals surface area contributed by atoms with Gasteiger partial charge in [0.25, 0.3) is 0 Å². The van der Waals surface area contributed by atoms with E-state index in [1.807, 2.05) is 16.0 Å². The molecule has 1 aliphatic carbocycles. The minimum Gasteiger partial charge on any atom is -0.378 e. The van der Waals surface area contributed by atoms with E-state index in [1.54, 1.807) is 0 Å². The molecule has 1 saturated heterocycles. The number of aromatic nitrogens is 3. The van der Waals surface area contributed by atoms with Gasteiger partial charge in [0.15, 0.2) is 0 Å². The lowest BCUT2D eigenvalue weighted by Gasteiger charge is -2.28. The summed E-state index contributed by atoms with van der Waals surface area (Å²) in [5.74, 6) is 0.921. The third-order valence-corrected chi connectivity index (χ3v) is 7.04. The number of aryl methyl sites for hydroxylation is 1. The number of benzene rings is 1. The van der Waals surface area contributed by atoms with Crippen LogP contribution >= 0.6 is 23.6 Å². The average molecular weight is 442 g/mol. The Morgan fingerprint density at radius 2 is 1.97 bits per heavy atom. The molecule has 30 heavy (non-hydrogen) atoms. The van der Waals surface area contributed by atoms with Crippen molar-refractivity contribution in [1.29, 1.82) is 0 Å². The lowest BCUT2D eigenvalue weighted by atomic mass is 10.2. The summed E-state index contributed by atoms with van der Waals surface area (Å²) < 4.78 is 10.5. The van der Waals surface area contributed by atoms with Gasteiger partial charge in [-0.25, -0.2) is 4.68 Å². The largest absolute Gasteiger partial charge is 0.378 e. The lowest BCUT2D eigenvalue weighted by molar-refractivity contribution is 0.121. The average Bonchev–Trinajstić information content (AvgIpc) is 3.40. The molecule has 0 unspecified atom stereocenters. The maximum absolute atomic E-state index is 5.98. The van der Waals surface area contributed by atoms with Crippen molar-refractivity contribution in [3.05, 3.63) is 57.0 Å². The van der Waals surface area contributed by atoms with Crippen LogP contribution in [0.15, 0.2) is 41.8 Å². The van der Waals surface area contributed by atoms with E-state index >= 15 is 0 Å². The van der Waals surface area contributed by atoms with E-state index in [-0.39, 0.29) is 0 Å². The van der Waals surface area contributed by atoms with E-state index in [9.17, 15) is 0 Å². The van der Waals surface area contributed by atoms with E-state index < -0.39 is 0 Å². The minimum absolute atomic E-state index is 0.629. The molecule has 0 bridgehead atoms. The van der Waals surface area contributed by atoms with Gasteiger partial charge in [0.2, 0.25) is 10.7 Å². The third kappa shape index (κ3) is 4.09. The molecule has 0 radical (unpaired) electrons. The molecule has 1 aromatic carbocycles. The fourth-order valence-electron chi connectivity index (χ4n) is 3.99. The van der Waals surface area contributed by atoms with Crippen molar-refractivity contribution in [2.45, 2.75) is 39.0 Å². The number of hydrogen-bond acceptors (Lipinski definition) is 6. The molecule has 1 saturated carbocycles. The van der Waals surface area contributed by atoms with Gasteiger partial charge in [-0.15, -0.1) is 16.4 Å². The Morgan fingerprint density at radius 1 is 1.17 bits per heavy atom. The van der Waals surface area contributed by atoms with Crippen molar-refractivity contribution in [3.8, 4) is 5.69 Å². The number of thiophene rings is 1. The van der Waals surface area contributed by atoms with Crippen LogP contribution in [0.5, 0.6) is 0 Å². The first-order valence-electron chi connectivity index (χ1n) is 10.6. The van der Waals surface area contributed by atoms with Crippen molar-refractivity contribution in [3.63, 3.8) is 0 Å². The molecule has 3 heterocycles. The Kier molecular flexibility index (Phi) is 5.73. The molecule has 3 aromatic rings. The van der Waals surface area contributed by atoms with Crippen LogP contribution in [0.3, 0.4) is 0 Å². The summed E-state index contributed by atoms with van der Waals surface area (Å²) in [7, 11) is 0. The minimum atomic E-state index is 0.629. The Morgan fingerprint density at radius 3 is 2.67 bits per heavy atom. The predicted octanol–water partition coefficient (Wildman–Crippen LogP) is 4.23. The summed E-state index contributed by atoms with van der Waals surface area (Å²) in [4.78, 5) is 6.20. The van der Waals surface area contributed by atoms with Gasteiger partial charge in [-0.3, -0.25) is 9.47 Å². The Hall–Kier alpha value is -2.00. The van der Waals surface area contributed by atoms with Gasteiger partial charge in [0, 0.05) is 30.6 Å². The number of morpholine rings is 1. The zero-order valence-electron chi connectivity index (χ0n) is 17.2. The quantitative estimate of drug-likeness (QED) is 0.513. The van der Waals surface area contributed by atoms with Gasteiger partial charge >= 0.3 is 0 Å². The second-order valence-electron chi connectivity index (χ2n) is 8.00. The molecule has 2 fully saturated rings. The normalized spacial score (nSPS) is 17.1. The number of para-hydroxylation sites is 1. The standard InChI is InChI=1S/C22H27N5OS2/c1-17-5-2-3-7-20(17)27-21(24-10-12-28-13-11-24)23-26(22(27)29)16-25(18-8-9-18)15-19-6-4-14-30-19/h2-7,14,18H,8-13,15-16H2,1H3. The number of anilines is 1. The molecular weight excluding hydrogens is 414 g/mol. The van der Waals surface area contributed by atoms with Gasteiger partial charge in [-0.1, -0.05) is 24.3 Å². The van der Waals surface area contributed by atoms with Gasteiger partial charge in [-0.05, 0) is 55.1 Å². The van der Waals surface area contributed by atoms with E-state index in [1.165, 1.54) is 23.3 Å². The fourth-order valence-corrected chi connectivity index (χ4v) is 5.00. The highest BCUT2D eigenvalue weighted by molar-refractivity contribution is 7.71. The molecule has 1 aliphatic heterocycles. The number of nitrogens with zero attached hydrogens (tertiary/aromatic N) is 5. The second-order valence-corrected chi connectivity index (χ2v) is 9.40. The molecule has 5 rings (SSSR count). The van der Waals surface area contributed by atoms with Gasteiger partial charge in [0.05, 0.1) is 25.6 Å². The molecule has 0 N–H and O–H groups in total. The summed E-state index contributed by atoms with van der Waals surface area (Å²) in [6.07, 6.45) is 2.51. The molecule has 0 amide bonds. The van der Waals surface area contributed by atoms with Crippen molar-refractivity contribution in [2.75, 3.05) is 31.2 Å². The number of hydrogen-bond donors (Lipinski definition) is 0. The van der Waals surface area contributed by atoms with Crippen molar-refractivity contribution < 1.29 is 4.74 Å². The predicted molar refractivity (Wildman–Crippen MR) is 123 cm³/mol. The third-order valence-electron chi connectivity index (χ3n) is 5.79. The molecule has 6 nitrogen and oxygen atoms in total. The molecular formula is C22H27N5OS2. The molecule has 0 spiro atoms. The second kappa shape index (κ2) is 8.63. The van der Waals surface area contributed by atoms with Gasteiger partial charge in [-0.2, -0.15) is 0 Å². The van der Waals surface area contributed by atoms with E-state index in [0.29, 0.717) is 6.04 Å². The Bertz CT molecular complexity index is 1050. The Labute approximate surface area is 186 Å². The summed E-state index contributed by atoms with van der Waals surface area (Å²) in [5, 5.41) is 7.19. The highest BCUT2D eigenvalue weighted by atomic mass is 32.1. The van der Waals surface area contributed by atoms with Crippen LogP contribution in [0.25, 0.3) is 5.69 Å². The Balaban J connectivity index is 1.52. The summed E-state index contributed by atoms with van der Waals surface area (Å²) in [6.45, 7) is 6.91. The summed E-state index contributed by atoms with van der Waals surface area (Å²) in [6, 6.07) is 13.4. The fraction of sp³-hybridized carbons (Fsp3) is 0.455. The van der Waals surface area contributed by atoms with E-state index in [2.05, 4.69) is 63.1 Å². The van der Waals surface area contributed by atoms with Gasteiger partial charge < -0.3 is 9.64 Å². The first-order chi connectivity index (χ1) is 14.7. The molecule has 158 valence electrons. The van der Waals surface area contributed by atoms with Crippen molar-refractivity contribution >= 4 is 29.5 Å². The van der Waals surface area contributed by atoms with Crippen LogP contribution in [0, 0.1) is 11.7 Å². The highest BCUT2D eigenvalue weighted by Crippen LogP contribution is 2.30. The lowest BCUT2D eigenvalue weighted by Crippen LogP contribution is -2.38. The van der Waals surface area contributed by atoms with Crippen LogP contribution in [0.2, 0.25) is 0 Å². The smallest absolute Gasteiger partial charge is 0.230 e. The topological polar surface area (TPSA) is 38.5 Å². The van der Waals surface area contributed by atoms with Gasteiger partial charge in [0.1, 0.15) is 0 Å². The summed E-state index contributed by atoms with van der Waals surface area (Å²) in [5.41, 5.74) is 2.30. The number of rotatable bonds is 7. The van der Waals surface area contributed by atoms with Crippen LogP contribution in [-0.4, -0.2) is 51.6 Å². The maximum Gasteiger partial charge on any atom is 0.230 e. The van der Waals surface area contributed by atoms with E-state index in [4.69, 9.17) is 22.1 Å². The maximum atomic E-state index is 5.98.